The van der Waals surface area contributed by atoms with Crippen molar-refractivity contribution in [3.63, 3.8) is 0 Å². The van der Waals surface area contributed by atoms with Crippen LogP contribution in [0.3, 0.4) is 0 Å². The molecular formula is C27H30N4O. The van der Waals surface area contributed by atoms with Crippen LogP contribution in [0.15, 0.2) is 78.5 Å². The van der Waals surface area contributed by atoms with Crippen LogP contribution in [-0.2, 0) is 4.79 Å². The van der Waals surface area contributed by atoms with Gasteiger partial charge in [0.1, 0.15) is 5.65 Å². The molecule has 5 nitrogen and oxygen atoms in total. The number of aromatic nitrogens is 2. The molecule has 0 bridgehead atoms. The normalized spacial score (nSPS) is 21.8. The molecule has 0 saturated carbocycles. The lowest BCUT2D eigenvalue weighted by atomic mass is 9.87. The predicted molar refractivity (Wildman–Crippen MR) is 129 cm³/mol. The first-order chi connectivity index (χ1) is 15.5. The van der Waals surface area contributed by atoms with E-state index in [-0.39, 0.29) is 5.91 Å². The fourth-order valence-electron chi connectivity index (χ4n) is 4.82. The van der Waals surface area contributed by atoms with Crippen LogP contribution in [0.4, 0.5) is 0 Å². The Labute approximate surface area is 189 Å². The molecule has 5 rings (SSSR count). The van der Waals surface area contributed by atoms with Crippen LogP contribution in [0.25, 0.3) is 11.2 Å². The molecule has 164 valence electrons. The summed E-state index contributed by atoms with van der Waals surface area (Å²) in [6.45, 7) is 8.75. The van der Waals surface area contributed by atoms with Gasteiger partial charge in [0, 0.05) is 36.4 Å². The van der Waals surface area contributed by atoms with Gasteiger partial charge in [-0.2, -0.15) is 0 Å². The number of amides is 1. The Morgan fingerprint density at radius 2 is 1.88 bits per heavy atom. The number of carbonyl (C=O) groups excluding carboxylic acids is 1. The van der Waals surface area contributed by atoms with Crippen LogP contribution in [-0.4, -0.2) is 44.2 Å². The lowest BCUT2D eigenvalue weighted by Gasteiger charge is -2.36. The van der Waals surface area contributed by atoms with E-state index in [9.17, 15) is 4.79 Å². The minimum Gasteiger partial charge on any atom is -0.306 e. The first kappa shape index (κ1) is 20.7. The number of allylic oxidation sites excluding steroid dienone is 7. The Morgan fingerprint density at radius 3 is 2.66 bits per heavy atom. The van der Waals surface area contributed by atoms with Crippen LogP contribution in [0.1, 0.15) is 37.9 Å². The van der Waals surface area contributed by atoms with Gasteiger partial charge >= 0.3 is 0 Å². The monoisotopic (exact) mass is 426 g/mol. The second-order valence-corrected chi connectivity index (χ2v) is 9.19. The van der Waals surface area contributed by atoms with Crippen molar-refractivity contribution in [2.45, 2.75) is 39.7 Å². The number of carbonyl (C=O) groups is 1. The molecule has 32 heavy (non-hydrogen) atoms. The number of aryl methyl sites for hydroxylation is 1. The molecule has 5 heterocycles. The van der Waals surface area contributed by atoms with Gasteiger partial charge in [0.2, 0.25) is 0 Å². The molecule has 0 radical (unpaired) electrons. The minimum absolute atomic E-state index is 0.0148. The predicted octanol–water partition coefficient (Wildman–Crippen LogP) is 4.88. The van der Waals surface area contributed by atoms with E-state index in [1.54, 1.807) is 11.0 Å². The van der Waals surface area contributed by atoms with Crippen molar-refractivity contribution in [1.82, 2.24) is 19.2 Å². The number of nitrogens with zero attached hydrogens (tertiary/aromatic N) is 4. The van der Waals surface area contributed by atoms with Crippen molar-refractivity contribution in [2.75, 3.05) is 13.1 Å². The third kappa shape index (κ3) is 4.00. The van der Waals surface area contributed by atoms with E-state index in [0.29, 0.717) is 12.0 Å². The molecule has 3 aliphatic rings. The summed E-state index contributed by atoms with van der Waals surface area (Å²) in [4.78, 5) is 22.1. The smallest absolute Gasteiger partial charge is 0.255 e. The third-order valence-corrected chi connectivity index (χ3v) is 6.70. The van der Waals surface area contributed by atoms with Crippen molar-refractivity contribution >= 4 is 17.1 Å². The number of hydrogen-bond acceptors (Lipinski definition) is 3. The molecule has 1 saturated heterocycles. The molecule has 2 aromatic heterocycles. The zero-order chi connectivity index (χ0) is 22.2. The highest BCUT2D eigenvalue weighted by molar-refractivity contribution is 5.99. The molecule has 0 N–H and O–H groups in total. The first-order valence-electron chi connectivity index (χ1n) is 11.5. The molecular weight excluding hydrogens is 396 g/mol. The van der Waals surface area contributed by atoms with Crippen LogP contribution < -0.4 is 0 Å². The van der Waals surface area contributed by atoms with Crippen molar-refractivity contribution < 1.29 is 4.79 Å². The zero-order valence-electron chi connectivity index (χ0n) is 19.0. The summed E-state index contributed by atoms with van der Waals surface area (Å²) in [5, 5.41) is 0. The van der Waals surface area contributed by atoms with Gasteiger partial charge in [-0.3, -0.25) is 9.69 Å². The maximum absolute atomic E-state index is 13.3. The van der Waals surface area contributed by atoms with Gasteiger partial charge in [-0.15, -0.1) is 0 Å². The van der Waals surface area contributed by atoms with E-state index < -0.39 is 0 Å². The van der Waals surface area contributed by atoms with Gasteiger partial charge in [-0.25, -0.2) is 4.98 Å². The molecule has 0 aliphatic carbocycles. The zero-order valence-corrected chi connectivity index (χ0v) is 19.0. The maximum atomic E-state index is 13.3. The SMILES string of the molecule is Cc1cn2cc(C3=CC(=O)N4C=C(C5CCN(C(C)C)CC5)C=C/C4=C\C=C3)ccc2n1. The lowest BCUT2D eigenvalue weighted by molar-refractivity contribution is -0.122. The highest BCUT2D eigenvalue weighted by atomic mass is 16.2. The van der Waals surface area contributed by atoms with Crippen LogP contribution in [0.2, 0.25) is 0 Å². The van der Waals surface area contributed by atoms with Crippen LogP contribution in [0.5, 0.6) is 0 Å². The largest absolute Gasteiger partial charge is 0.306 e. The Kier molecular flexibility index (Phi) is 5.43. The highest BCUT2D eigenvalue weighted by Crippen LogP contribution is 2.31. The minimum atomic E-state index is -0.0148. The first-order valence-corrected chi connectivity index (χ1v) is 11.5. The van der Waals surface area contributed by atoms with Crippen molar-refractivity contribution in [3.05, 3.63) is 89.7 Å². The Hall–Kier alpha value is -3.18. The molecule has 2 aromatic rings. The molecule has 5 heteroatoms. The molecule has 1 fully saturated rings. The Morgan fingerprint density at radius 1 is 1.06 bits per heavy atom. The van der Waals surface area contributed by atoms with E-state index in [0.717, 1.165) is 54.1 Å². The fourth-order valence-corrected chi connectivity index (χ4v) is 4.82. The fraction of sp³-hybridized carbons (Fsp3) is 0.333. The van der Waals surface area contributed by atoms with Crippen molar-refractivity contribution in [3.8, 4) is 0 Å². The number of piperidine rings is 1. The standard InChI is InChI=1S/C27H30N4O/c1-19(2)29-13-11-21(12-14-29)24-7-9-25-6-4-5-22(15-27(32)31(25)18-24)23-8-10-26-28-20(3)16-30(26)17-23/h4-10,15-19,21H,11-14H2,1-3H3/b5-4?,22-15?,25-6+. The van der Waals surface area contributed by atoms with Crippen LogP contribution >= 0.6 is 0 Å². The molecule has 0 unspecified atom stereocenters. The van der Waals surface area contributed by atoms with Gasteiger partial charge in [-0.1, -0.05) is 18.2 Å². The molecule has 1 amide bonds. The van der Waals surface area contributed by atoms with E-state index in [1.807, 2.05) is 54.1 Å². The molecule has 0 spiro atoms. The summed E-state index contributed by atoms with van der Waals surface area (Å²) in [7, 11) is 0. The number of pyridine rings is 1. The second kappa shape index (κ2) is 8.40. The average Bonchev–Trinajstić information content (AvgIpc) is 3.16. The number of fused-ring (bicyclic) bond motifs is 2. The highest BCUT2D eigenvalue weighted by Gasteiger charge is 2.26. The Balaban J connectivity index is 1.41. The summed E-state index contributed by atoms with van der Waals surface area (Å²) in [6.07, 6.45) is 20.4. The second-order valence-electron chi connectivity index (χ2n) is 9.19. The van der Waals surface area contributed by atoms with E-state index in [4.69, 9.17) is 0 Å². The van der Waals surface area contributed by atoms with E-state index in [1.165, 1.54) is 5.57 Å². The summed E-state index contributed by atoms with van der Waals surface area (Å²) in [6, 6.07) is 4.61. The van der Waals surface area contributed by atoms with Gasteiger partial charge in [-0.05, 0) is 93.6 Å². The van der Waals surface area contributed by atoms with Gasteiger partial charge in [0.25, 0.3) is 5.91 Å². The van der Waals surface area contributed by atoms with E-state index >= 15 is 0 Å². The molecule has 0 atom stereocenters. The average molecular weight is 427 g/mol. The van der Waals surface area contributed by atoms with Crippen molar-refractivity contribution in [1.29, 1.82) is 0 Å². The number of imidazole rings is 1. The number of rotatable bonds is 3. The summed E-state index contributed by atoms with van der Waals surface area (Å²) >= 11 is 0. The van der Waals surface area contributed by atoms with Gasteiger partial charge < -0.3 is 9.30 Å². The van der Waals surface area contributed by atoms with Gasteiger partial charge in [0.15, 0.2) is 0 Å². The summed E-state index contributed by atoms with van der Waals surface area (Å²) in [5.41, 5.74) is 5.94. The van der Waals surface area contributed by atoms with E-state index in [2.05, 4.69) is 42.1 Å². The summed E-state index contributed by atoms with van der Waals surface area (Å²) < 4.78 is 2.01. The third-order valence-electron chi connectivity index (χ3n) is 6.70. The maximum Gasteiger partial charge on any atom is 0.255 e. The van der Waals surface area contributed by atoms with Crippen molar-refractivity contribution in [2.24, 2.45) is 5.92 Å². The Bertz CT molecular complexity index is 1200. The molecule has 0 aromatic carbocycles. The topological polar surface area (TPSA) is 40.9 Å². The number of hydrogen-bond donors (Lipinski definition) is 0. The summed E-state index contributed by atoms with van der Waals surface area (Å²) in [5.74, 6) is 0.492. The number of likely N-dealkylation sites (tertiary alicyclic amines) is 1. The van der Waals surface area contributed by atoms with Crippen LogP contribution in [0, 0.1) is 12.8 Å². The lowest BCUT2D eigenvalue weighted by Crippen LogP contribution is -2.39. The quantitative estimate of drug-likeness (QED) is 0.702. The molecule has 3 aliphatic heterocycles. The van der Waals surface area contributed by atoms with Gasteiger partial charge in [0.05, 0.1) is 5.69 Å².